The molecule has 0 radical (unpaired) electrons. The van der Waals surface area contributed by atoms with E-state index in [0.29, 0.717) is 12.5 Å². The van der Waals surface area contributed by atoms with E-state index in [9.17, 15) is 9.90 Å². The molecule has 0 saturated carbocycles. The number of aliphatic hydroxyl groups excluding tert-OH is 1. The molecule has 3 N–H and O–H groups in total. The minimum Gasteiger partial charge on any atom is -0.392 e. The first-order valence-electron chi connectivity index (χ1n) is 7.79. The highest BCUT2D eigenvalue weighted by atomic mass is 16.3. The van der Waals surface area contributed by atoms with Gasteiger partial charge in [-0.1, -0.05) is 32.8 Å². The number of hydrogen-bond acceptors (Lipinski definition) is 3. The predicted molar refractivity (Wildman–Crippen MR) is 80.8 cm³/mol. The molecule has 4 nitrogen and oxygen atoms in total. The fourth-order valence-electron chi connectivity index (χ4n) is 3.17. The van der Waals surface area contributed by atoms with Gasteiger partial charge in [-0.05, 0) is 30.7 Å². The van der Waals surface area contributed by atoms with E-state index in [2.05, 4.69) is 24.1 Å². The number of fused-ring (bicyclic) bond motifs is 1. The molecule has 2 atom stereocenters. The zero-order valence-corrected chi connectivity index (χ0v) is 12.5. The van der Waals surface area contributed by atoms with Crippen molar-refractivity contribution in [1.82, 2.24) is 10.3 Å². The minimum atomic E-state index is -0.293. The lowest BCUT2D eigenvalue weighted by molar-refractivity contribution is 0.0974. The molecule has 1 aromatic rings. The van der Waals surface area contributed by atoms with Crippen LogP contribution in [-0.2, 0) is 6.42 Å². The molecule has 1 heterocycles. The molecule has 2 rings (SSSR count). The van der Waals surface area contributed by atoms with Crippen molar-refractivity contribution in [3.63, 3.8) is 0 Å². The number of aromatic nitrogens is 1. The number of nitrogens with one attached hydrogen (secondary N) is 2. The SMILES string of the molecule is CCC(CC)C(O)CNC1CCCc2[nH]c(=O)ccc21. The molecule has 4 heteroatoms. The van der Waals surface area contributed by atoms with Gasteiger partial charge in [-0.25, -0.2) is 0 Å². The highest BCUT2D eigenvalue weighted by Gasteiger charge is 2.22. The summed E-state index contributed by atoms with van der Waals surface area (Å²) in [5, 5.41) is 13.7. The second-order valence-electron chi connectivity index (χ2n) is 5.75. The average molecular weight is 278 g/mol. The van der Waals surface area contributed by atoms with Gasteiger partial charge in [0.05, 0.1) is 6.10 Å². The standard InChI is InChI=1S/C16H26N2O2/c1-3-11(4-2)15(19)10-17-13-6-5-7-14-12(13)8-9-16(20)18-14/h8-9,11,13,15,17,19H,3-7,10H2,1-2H3,(H,18,20). The lowest BCUT2D eigenvalue weighted by Gasteiger charge is -2.28. The van der Waals surface area contributed by atoms with Crippen LogP contribution in [0.25, 0.3) is 0 Å². The summed E-state index contributed by atoms with van der Waals surface area (Å²) in [6.07, 6.45) is 4.80. The Kier molecular flexibility index (Phi) is 5.38. The van der Waals surface area contributed by atoms with Gasteiger partial charge in [0.1, 0.15) is 0 Å². The van der Waals surface area contributed by atoms with E-state index in [0.717, 1.165) is 37.8 Å². The van der Waals surface area contributed by atoms with Gasteiger partial charge in [0.2, 0.25) is 5.56 Å². The Balaban J connectivity index is 2.00. The maximum Gasteiger partial charge on any atom is 0.248 e. The highest BCUT2D eigenvalue weighted by molar-refractivity contribution is 5.26. The lowest BCUT2D eigenvalue weighted by Crippen LogP contribution is -2.36. The van der Waals surface area contributed by atoms with Crippen LogP contribution in [0.15, 0.2) is 16.9 Å². The Hall–Kier alpha value is -1.13. The van der Waals surface area contributed by atoms with Crippen LogP contribution in [0.1, 0.15) is 56.8 Å². The molecule has 0 amide bonds. The summed E-state index contributed by atoms with van der Waals surface area (Å²) in [5.74, 6) is 0.362. The lowest BCUT2D eigenvalue weighted by atomic mass is 9.90. The number of pyridine rings is 1. The third-order valence-electron chi connectivity index (χ3n) is 4.50. The van der Waals surface area contributed by atoms with Crippen molar-refractivity contribution in [2.45, 2.75) is 58.1 Å². The normalized spacial score (nSPS) is 19.9. The second-order valence-corrected chi connectivity index (χ2v) is 5.75. The van der Waals surface area contributed by atoms with E-state index in [1.54, 1.807) is 6.07 Å². The van der Waals surface area contributed by atoms with Crippen LogP contribution in [0.5, 0.6) is 0 Å². The highest BCUT2D eigenvalue weighted by Crippen LogP contribution is 2.27. The van der Waals surface area contributed by atoms with Crippen molar-refractivity contribution in [1.29, 1.82) is 0 Å². The Morgan fingerprint density at radius 2 is 2.15 bits per heavy atom. The van der Waals surface area contributed by atoms with E-state index in [4.69, 9.17) is 0 Å². The number of hydrogen-bond donors (Lipinski definition) is 3. The molecule has 1 aliphatic carbocycles. The summed E-state index contributed by atoms with van der Waals surface area (Å²) in [7, 11) is 0. The van der Waals surface area contributed by atoms with Crippen LogP contribution >= 0.6 is 0 Å². The Labute approximate surface area is 120 Å². The van der Waals surface area contributed by atoms with Crippen LogP contribution in [0.2, 0.25) is 0 Å². The molecule has 1 aromatic heterocycles. The Bertz CT molecular complexity index is 480. The molecular weight excluding hydrogens is 252 g/mol. The van der Waals surface area contributed by atoms with E-state index < -0.39 is 0 Å². The largest absolute Gasteiger partial charge is 0.392 e. The zero-order chi connectivity index (χ0) is 14.5. The maximum atomic E-state index is 11.4. The number of aliphatic hydroxyl groups is 1. The van der Waals surface area contributed by atoms with Gasteiger partial charge in [0, 0.05) is 24.3 Å². The van der Waals surface area contributed by atoms with Crippen molar-refractivity contribution in [2.24, 2.45) is 5.92 Å². The minimum absolute atomic E-state index is 0.0264. The molecule has 0 spiro atoms. The van der Waals surface area contributed by atoms with Gasteiger partial charge in [-0.15, -0.1) is 0 Å². The molecule has 112 valence electrons. The van der Waals surface area contributed by atoms with Crippen molar-refractivity contribution in [3.05, 3.63) is 33.7 Å². The molecule has 0 aliphatic heterocycles. The van der Waals surface area contributed by atoms with Crippen LogP contribution < -0.4 is 10.9 Å². The monoisotopic (exact) mass is 278 g/mol. The molecule has 0 bridgehead atoms. The smallest absolute Gasteiger partial charge is 0.248 e. The Morgan fingerprint density at radius 1 is 1.40 bits per heavy atom. The van der Waals surface area contributed by atoms with E-state index in [1.165, 1.54) is 5.56 Å². The predicted octanol–water partition coefficient (Wildman–Crippen LogP) is 2.14. The summed E-state index contributed by atoms with van der Waals surface area (Å²) in [6.45, 7) is 4.87. The maximum absolute atomic E-state index is 11.4. The van der Waals surface area contributed by atoms with Crippen molar-refractivity contribution in [3.8, 4) is 0 Å². The second kappa shape index (κ2) is 7.04. The van der Waals surface area contributed by atoms with Gasteiger partial charge < -0.3 is 15.4 Å². The number of aryl methyl sites for hydroxylation is 1. The number of rotatable bonds is 6. The number of H-pyrrole nitrogens is 1. The molecule has 1 aliphatic rings. The number of aromatic amines is 1. The first kappa shape index (κ1) is 15.3. The van der Waals surface area contributed by atoms with Gasteiger partial charge in [-0.2, -0.15) is 0 Å². The van der Waals surface area contributed by atoms with Gasteiger partial charge in [0.15, 0.2) is 0 Å². The van der Waals surface area contributed by atoms with Crippen LogP contribution in [0.4, 0.5) is 0 Å². The van der Waals surface area contributed by atoms with Crippen LogP contribution in [0, 0.1) is 5.92 Å². The Morgan fingerprint density at radius 3 is 2.85 bits per heavy atom. The third kappa shape index (κ3) is 3.49. The summed E-state index contributed by atoms with van der Waals surface area (Å²) in [5.41, 5.74) is 2.22. The zero-order valence-electron chi connectivity index (χ0n) is 12.5. The fraction of sp³-hybridized carbons (Fsp3) is 0.688. The molecule has 2 unspecified atom stereocenters. The van der Waals surface area contributed by atoms with Crippen LogP contribution in [0.3, 0.4) is 0 Å². The van der Waals surface area contributed by atoms with Crippen LogP contribution in [-0.4, -0.2) is 22.7 Å². The van der Waals surface area contributed by atoms with E-state index in [-0.39, 0.29) is 17.7 Å². The van der Waals surface area contributed by atoms with Crippen molar-refractivity contribution < 1.29 is 5.11 Å². The van der Waals surface area contributed by atoms with Gasteiger partial charge in [-0.3, -0.25) is 4.79 Å². The van der Waals surface area contributed by atoms with E-state index in [1.807, 2.05) is 6.07 Å². The first-order chi connectivity index (χ1) is 9.65. The average Bonchev–Trinajstić information content (AvgIpc) is 2.45. The quantitative estimate of drug-likeness (QED) is 0.747. The molecule has 0 aromatic carbocycles. The van der Waals surface area contributed by atoms with Crippen molar-refractivity contribution >= 4 is 0 Å². The summed E-state index contributed by atoms with van der Waals surface area (Å²) < 4.78 is 0. The molecule has 0 fully saturated rings. The topological polar surface area (TPSA) is 65.1 Å². The summed E-state index contributed by atoms with van der Waals surface area (Å²) >= 11 is 0. The molecule has 0 saturated heterocycles. The molecule has 20 heavy (non-hydrogen) atoms. The summed E-state index contributed by atoms with van der Waals surface area (Å²) in [4.78, 5) is 14.3. The third-order valence-corrected chi connectivity index (χ3v) is 4.50. The fourth-order valence-corrected chi connectivity index (χ4v) is 3.17. The van der Waals surface area contributed by atoms with Crippen molar-refractivity contribution in [2.75, 3.05) is 6.54 Å². The van der Waals surface area contributed by atoms with Gasteiger partial charge >= 0.3 is 0 Å². The van der Waals surface area contributed by atoms with E-state index >= 15 is 0 Å². The molecular formula is C16H26N2O2. The summed E-state index contributed by atoms with van der Waals surface area (Å²) in [6, 6.07) is 3.77. The first-order valence-corrected chi connectivity index (χ1v) is 7.79. The van der Waals surface area contributed by atoms with Gasteiger partial charge in [0.25, 0.3) is 0 Å².